The molecule has 1 aliphatic rings. The highest BCUT2D eigenvalue weighted by Crippen LogP contribution is 2.55. The van der Waals surface area contributed by atoms with Crippen LogP contribution in [0.15, 0.2) is 0 Å². The lowest BCUT2D eigenvalue weighted by atomic mass is 9.65. The largest absolute Gasteiger partial charge is 0.481 e. The summed E-state index contributed by atoms with van der Waals surface area (Å²) in [7, 11) is 0. The van der Waals surface area contributed by atoms with Crippen LogP contribution in [0.3, 0.4) is 0 Å². The molecule has 0 radical (unpaired) electrons. The van der Waals surface area contributed by atoms with E-state index in [2.05, 4.69) is 0 Å². The van der Waals surface area contributed by atoms with Crippen molar-refractivity contribution in [2.45, 2.75) is 26.7 Å². The molecule has 0 amide bonds. The van der Waals surface area contributed by atoms with Crippen molar-refractivity contribution >= 4 is 18.2 Å². The molecule has 1 rings (SSSR count). The Morgan fingerprint density at radius 2 is 1.87 bits per heavy atom. The molecule has 0 aromatic heterocycles. The van der Waals surface area contributed by atoms with Crippen molar-refractivity contribution in [2.24, 2.45) is 16.7 Å². The molecule has 2 unspecified atom stereocenters. The predicted octanol–water partition coefficient (Wildman–Crippen LogP) is 0.777. The first-order valence-corrected chi connectivity index (χ1v) is 4.72. The number of carboxylic acid groups (broad SMARTS) is 2. The first-order chi connectivity index (χ1) is 6.79. The zero-order chi connectivity index (χ0) is 11.9. The maximum Gasteiger partial charge on any atom is 0.317 e. The van der Waals surface area contributed by atoms with E-state index in [0.29, 0.717) is 6.29 Å². The third-order valence-electron chi connectivity index (χ3n) is 3.73. The van der Waals surface area contributed by atoms with Crippen LogP contribution in [0.1, 0.15) is 26.7 Å². The van der Waals surface area contributed by atoms with Crippen LogP contribution >= 0.6 is 0 Å². The minimum Gasteiger partial charge on any atom is -0.481 e. The van der Waals surface area contributed by atoms with Crippen molar-refractivity contribution in [3.05, 3.63) is 0 Å². The highest BCUT2D eigenvalue weighted by atomic mass is 16.4. The summed E-state index contributed by atoms with van der Waals surface area (Å²) in [5.74, 6) is -3.05. The van der Waals surface area contributed by atoms with Crippen LogP contribution in [0.5, 0.6) is 0 Å². The smallest absolute Gasteiger partial charge is 0.317 e. The molecule has 0 aliphatic heterocycles. The summed E-state index contributed by atoms with van der Waals surface area (Å²) in [6.07, 6.45) is 0.710. The van der Waals surface area contributed by atoms with Gasteiger partial charge in [-0.2, -0.15) is 0 Å². The van der Waals surface area contributed by atoms with E-state index in [1.165, 1.54) is 13.8 Å². The Kier molecular flexibility index (Phi) is 2.59. The summed E-state index contributed by atoms with van der Waals surface area (Å²) in [6, 6.07) is 0. The zero-order valence-electron chi connectivity index (χ0n) is 8.69. The number of carbonyl (C=O) groups is 3. The Labute approximate surface area is 87.1 Å². The highest BCUT2D eigenvalue weighted by Gasteiger charge is 2.61. The van der Waals surface area contributed by atoms with Gasteiger partial charge in [0.15, 0.2) is 0 Å². The van der Waals surface area contributed by atoms with E-state index in [0.717, 1.165) is 0 Å². The molecule has 0 spiro atoms. The van der Waals surface area contributed by atoms with Crippen LogP contribution in [0.25, 0.3) is 0 Å². The van der Waals surface area contributed by atoms with Gasteiger partial charge < -0.3 is 15.0 Å². The summed E-state index contributed by atoms with van der Waals surface area (Å²) < 4.78 is 0. The van der Waals surface area contributed by atoms with Crippen LogP contribution in [0, 0.1) is 16.7 Å². The van der Waals surface area contributed by atoms with E-state index in [-0.39, 0.29) is 12.8 Å². The van der Waals surface area contributed by atoms with E-state index < -0.39 is 28.7 Å². The van der Waals surface area contributed by atoms with Crippen LogP contribution in [0.4, 0.5) is 0 Å². The molecule has 5 nitrogen and oxygen atoms in total. The van der Waals surface area contributed by atoms with Crippen molar-refractivity contribution in [3.8, 4) is 0 Å². The molecule has 1 fully saturated rings. The van der Waals surface area contributed by atoms with Crippen molar-refractivity contribution in [3.63, 3.8) is 0 Å². The molecule has 0 aromatic carbocycles. The number of hydrogen-bond donors (Lipinski definition) is 2. The van der Waals surface area contributed by atoms with Gasteiger partial charge in [0.1, 0.15) is 11.7 Å². The van der Waals surface area contributed by atoms with Crippen molar-refractivity contribution in [1.82, 2.24) is 0 Å². The van der Waals surface area contributed by atoms with Gasteiger partial charge in [-0.3, -0.25) is 9.59 Å². The normalized spacial score (nSPS) is 33.6. The molecule has 0 bridgehead atoms. The van der Waals surface area contributed by atoms with Crippen LogP contribution in [0.2, 0.25) is 0 Å². The molecule has 1 aliphatic carbocycles. The second kappa shape index (κ2) is 3.32. The number of aldehydes is 1. The van der Waals surface area contributed by atoms with E-state index in [4.69, 9.17) is 10.2 Å². The van der Waals surface area contributed by atoms with E-state index >= 15 is 0 Å². The monoisotopic (exact) mass is 214 g/mol. The fourth-order valence-electron chi connectivity index (χ4n) is 2.44. The minimum atomic E-state index is -1.56. The third-order valence-corrected chi connectivity index (χ3v) is 3.73. The van der Waals surface area contributed by atoms with Gasteiger partial charge in [0.2, 0.25) is 0 Å². The fraction of sp³-hybridized carbons (Fsp3) is 0.700. The maximum atomic E-state index is 11.1. The maximum absolute atomic E-state index is 11.1. The standard InChI is InChI=1S/C10H14O5/c1-9(2)6(7(12)13)3-4-10(9,5-11)8(14)15/h5-6H,3-4H2,1-2H3,(H,12,13)(H,14,15). The molecule has 2 N–H and O–H groups in total. The van der Waals surface area contributed by atoms with Gasteiger partial charge in [-0.15, -0.1) is 0 Å². The first-order valence-electron chi connectivity index (χ1n) is 4.72. The quantitative estimate of drug-likeness (QED) is 0.535. The number of aliphatic carboxylic acids is 2. The van der Waals surface area contributed by atoms with E-state index in [1.807, 2.05) is 0 Å². The molecule has 5 heteroatoms. The number of rotatable bonds is 3. The van der Waals surface area contributed by atoms with E-state index in [1.54, 1.807) is 0 Å². The Balaban J connectivity index is 3.21. The SMILES string of the molecule is CC1(C)C(C(=O)O)CCC1(C=O)C(=O)O. The number of carboxylic acids is 2. The molecule has 0 saturated heterocycles. The van der Waals surface area contributed by atoms with Gasteiger partial charge in [0, 0.05) is 5.41 Å². The fourth-order valence-corrected chi connectivity index (χ4v) is 2.44. The minimum absolute atomic E-state index is 0.0931. The molecule has 1 saturated carbocycles. The molecular weight excluding hydrogens is 200 g/mol. The van der Waals surface area contributed by atoms with Crippen molar-refractivity contribution in [1.29, 1.82) is 0 Å². The predicted molar refractivity (Wildman–Crippen MR) is 50.3 cm³/mol. The Hall–Kier alpha value is -1.39. The summed E-state index contributed by atoms with van der Waals surface area (Å²) in [5, 5.41) is 18.0. The molecular formula is C10H14O5. The van der Waals surface area contributed by atoms with Crippen molar-refractivity contribution < 1.29 is 24.6 Å². The Morgan fingerprint density at radius 3 is 2.07 bits per heavy atom. The average molecular weight is 214 g/mol. The van der Waals surface area contributed by atoms with Gasteiger partial charge >= 0.3 is 11.9 Å². The average Bonchev–Trinajstić information content (AvgIpc) is 2.37. The highest BCUT2D eigenvalue weighted by molar-refractivity contribution is 5.95. The first kappa shape index (κ1) is 11.7. The van der Waals surface area contributed by atoms with Crippen LogP contribution in [-0.2, 0) is 14.4 Å². The van der Waals surface area contributed by atoms with Gasteiger partial charge in [-0.25, -0.2) is 0 Å². The summed E-state index contributed by atoms with van der Waals surface area (Å²) in [5.41, 5.74) is -2.61. The number of hydrogen-bond acceptors (Lipinski definition) is 3. The van der Waals surface area contributed by atoms with Crippen molar-refractivity contribution in [2.75, 3.05) is 0 Å². The molecule has 0 heterocycles. The topological polar surface area (TPSA) is 91.7 Å². The molecule has 2 atom stereocenters. The molecule has 84 valence electrons. The van der Waals surface area contributed by atoms with Crippen LogP contribution in [-0.4, -0.2) is 28.4 Å². The lowest BCUT2D eigenvalue weighted by molar-refractivity contribution is -0.160. The van der Waals surface area contributed by atoms with E-state index in [9.17, 15) is 14.4 Å². The van der Waals surface area contributed by atoms with Crippen LogP contribution < -0.4 is 0 Å². The summed E-state index contributed by atoms with van der Waals surface area (Å²) in [4.78, 5) is 33.0. The van der Waals surface area contributed by atoms with Gasteiger partial charge in [0.05, 0.1) is 5.92 Å². The van der Waals surface area contributed by atoms with Gasteiger partial charge in [-0.05, 0) is 12.8 Å². The lowest BCUT2D eigenvalue weighted by Gasteiger charge is -2.35. The summed E-state index contributed by atoms with van der Waals surface area (Å²) in [6.45, 7) is 3.06. The molecule has 0 aromatic rings. The van der Waals surface area contributed by atoms with Gasteiger partial charge in [0.25, 0.3) is 0 Å². The second-order valence-electron chi connectivity index (χ2n) is 4.55. The number of carbonyl (C=O) groups excluding carboxylic acids is 1. The molecule has 15 heavy (non-hydrogen) atoms. The van der Waals surface area contributed by atoms with Gasteiger partial charge in [-0.1, -0.05) is 13.8 Å². The lowest BCUT2D eigenvalue weighted by Crippen LogP contribution is -2.45. The Morgan fingerprint density at radius 1 is 1.33 bits per heavy atom. The summed E-state index contributed by atoms with van der Waals surface area (Å²) >= 11 is 0. The third kappa shape index (κ3) is 1.33. The Bertz CT molecular complexity index is 320. The zero-order valence-corrected chi connectivity index (χ0v) is 8.69. The second-order valence-corrected chi connectivity index (χ2v) is 4.55.